The van der Waals surface area contributed by atoms with Gasteiger partial charge < -0.3 is 9.30 Å². The summed E-state index contributed by atoms with van der Waals surface area (Å²) in [7, 11) is 0. The first-order chi connectivity index (χ1) is 15.5. The fourth-order valence-corrected chi connectivity index (χ4v) is 4.06. The number of aromatic nitrogens is 4. The molecule has 0 fully saturated rings. The van der Waals surface area contributed by atoms with Gasteiger partial charge in [0.2, 0.25) is 0 Å². The molecule has 2 heterocycles. The van der Waals surface area contributed by atoms with E-state index >= 15 is 0 Å². The van der Waals surface area contributed by atoms with Gasteiger partial charge in [0.15, 0.2) is 0 Å². The summed E-state index contributed by atoms with van der Waals surface area (Å²) in [5.41, 5.74) is 1.68. The Morgan fingerprint density at radius 1 is 1.06 bits per heavy atom. The van der Waals surface area contributed by atoms with Crippen molar-refractivity contribution in [3.63, 3.8) is 0 Å². The number of ether oxygens (including phenoxy) is 1. The Labute approximate surface area is 197 Å². The Morgan fingerprint density at radius 3 is 2.48 bits per heavy atom. The first-order valence-corrected chi connectivity index (χ1v) is 11.5. The molecule has 0 saturated carbocycles. The van der Waals surface area contributed by atoms with Crippen LogP contribution in [0.15, 0.2) is 47.3 Å². The third-order valence-electron chi connectivity index (χ3n) is 5.43. The summed E-state index contributed by atoms with van der Waals surface area (Å²) in [5, 5.41) is 0.478. The monoisotopic (exact) mass is 468 g/mol. The van der Waals surface area contributed by atoms with Gasteiger partial charge in [-0.1, -0.05) is 37.6 Å². The van der Waals surface area contributed by atoms with E-state index in [1.54, 1.807) is 39.0 Å². The SMILES string of the molecule is CC(C)CCn1c(Cn2c(=O)n(C(=O)OC(C)(C)C)c3ccc(Cl)cc32)nc2ccccc21. The number of nitrogens with zero attached hydrogens (tertiary/aromatic N) is 4. The maximum atomic E-state index is 13.5. The van der Waals surface area contributed by atoms with E-state index in [0.29, 0.717) is 22.0 Å². The third-order valence-corrected chi connectivity index (χ3v) is 5.67. The van der Waals surface area contributed by atoms with E-state index in [9.17, 15) is 9.59 Å². The number of halogens is 1. The molecule has 0 atom stereocenters. The minimum absolute atomic E-state index is 0.207. The topological polar surface area (TPSA) is 71.0 Å². The van der Waals surface area contributed by atoms with Gasteiger partial charge >= 0.3 is 11.8 Å². The second-order valence-electron chi connectivity index (χ2n) is 9.67. The minimum Gasteiger partial charge on any atom is -0.443 e. The van der Waals surface area contributed by atoms with Gasteiger partial charge in [-0.05, 0) is 63.4 Å². The molecule has 174 valence electrons. The second kappa shape index (κ2) is 8.71. The van der Waals surface area contributed by atoms with Gasteiger partial charge in [-0.2, -0.15) is 4.57 Å². The van der Waals surface area contributed by atoms with Crippen molar-refractivity contribution in [2.75, 3.05) is 0 Å². The minimum atomic E-state index is -0.734. The fraction of sp³-hybridized carbons (Fsp3) is 0.400. The van der Waals surface area contributed by atoms with Crippen LogP contribution in [-0.4, -0.2) is 30.4 Å². The summed E-state index contributed by atoms with van der Waals surface area (Å²) in [6, 6.07) is 13.0. The van der Waals surface area contributed by atoms with Crippen molar-refractivity contribution in [2.24, 2.45) is 5.92 Å². The van der Waals surface area contributed by atoms with E-state index in [-0.39, 0.29) is 6.54 Å². The molecule has 0 saturated heterocycles. The number of para-hydroxylation sites is 2. The number of hydrogen-bond donors (Lipinski definition) is 0. The van der Waals surface area contributed by atoms with Crippen LogP contribution >= 0.6 is 11.6 Å². The van der Waals surface area contributed by atoms with Gasteiger partial charge in [-0.25, -0.2) is 14.6 Å². The van der Waals surface area contributed by atoms with E-state index in [4.69, 9.17) is 21.3 Å². The molecule has 0 amide bonds. The molecule has 2 aromatic carbocycles. The Bertz CT molecular complexity index is 1390. The summed E-state index contributed by atoms with van der Waals surface area (Å²) in [6.07, 6.45) is 0.264. The molecule has 8 heteroatoms. The molecule has 0 N–H and O–H groups in total. The van der Waals surface area contributed by atoms with Crippen LogP contribution in [-0.2, 0) is 17.8 Å². The van der Waals surface area contributed by atoms with Crippen molar-refractivity contribution in [3.8, 4) is 0 Å². The molecule has 7 nitrogen and oxygen atoms in total. The molecule has 33 heavy (non-hydrogen) atoms. The summed E-state index contributed by atoms with van der Waals surface area (Å²) in [5.74, 6) is 1.27. The highest BCUT2D eigenvalue weighted by molar-refractivity contribution is 6.31. The van der Waals surface area contributed by atoms with Crippen LogP contribution in [0.1, 0.15) is 46.9 Å². The largest absolute Gasteiger partial charge is 0.443 e. The molecule has 0 aliphatic rings. The highest BCUT2D eigenvalue weighted by Crippen LogP contribution is 2.23. The van der Waals surface area contributed by atoms with Crippen LogP contribution in [0.5, 0.6) is 0 Å². The second-order valence-corrected chi connectivity index (χ2v) is 10.1. The number of carbonyl (C=O) groups excluding carboxylic acids is 1. The predicted octanol–water partition coefficient (Wildman–Crippen LogP) is 5.68. The summed E-state index contributed by atoms with van der Waals surface area (Å²) >= 11 is 6.26. The number of hydrogen-bond acceptors (Lipinski definition) is 4. The number of benzene rings is 2. The number of imidazole rings is 2. The quantitative estimate of drug-likeness (QED) is 0.377. The van der Waals surface area contributed by atoms with Crippen LogP contribution in [0.3, 0.4) is 0 Å². The highest BCUT2D eigenvalue weighted by atomic mass is 35.5. The number of aryl methyl sites for hydroxylation is 1. The first kappa shape index (κ1) is 23.1. The van der Waals surface area contributed by atoms with Gasteiger partial charge in [-0.15, -0.1) is 0 Å². The molecule has 0 spiro atoms. The van der Waals surface area contributed by atoms with Crippen LogP contribution in [0.25, 0.3) is 22.1 Å². The maximum Gasteiger partial charge on any atom is 0.423 e. The average molecular weight is 469 g/mol. The lowest BCUT2D eigenvalue weighted by Crippen LogP contribution is -2.34. The zero-order valence-electron chi connectivity index (χ0n) is 19.6. The van der Waals surface area contributed by atoms with Crippen molar-refractivity contribution in [3.05, 3.63) is 63.8 Å². The summed E-state index contributed by atoms with van der Waals surface area (Å²) in [4.78, 5) is 31.2. The predicted molar refractivity (Wildman–Crippen MR) is 131 cm³/mol. The van der Waals surface area contributed by atoms with Crippen molar-refractivity contribution in [1.29, 1.82) is 0 Å². The van der Waals surface area contributed by atoms with Crippen LogP contribution in [0, 0.1) is 5.92 Å². The number of carbonyl (C=O) groups is 1. The smallest absolute Gasteiger partial charge is 0.423 e. The van der Waals surface area contributed by atoms with Gasteiger partial charge in [0, 0.05) is 11.6 Å². The van der Waals surface area contributed by atoms with Crippen molar-refractivity contribution < 1.29 is 9.53 Å². The number of rotatable bonds is 5. The molecule has 4 rings (SSSR count). The lowest BCUT2D eigenvalue weighted by atomic mass is 10.1. The normalized spacial score (nSPS) is 12.2. The molecule has 2 aromatic heterocycles. The van der Waals surface area contributed by atoms with E-state index in [1.165, 1.54) is 4.57 Å². The molecular weight excluding hydrogens is 440 g/mol. The third kappa shape index (κ3) is 4.69. The Kier molecular flexibility index (Phi) is 6.10. The molecule has 4 aromatic rings. The Morgan fingerprint density at radius 2 is 1.79 bits per heavy atom. The summed E-state index contributed by atoms with van der Waals surface area (Å²) < 4.78 is 10.3. The van der Waals surface area contributed by atoms with Crippen LogP contribution in [0.4, 0.5) is 4.79 Å². The Balaban J connectivity index is 1.86. The lowest BCUT2D eigenvalue weighted by Gasteiger charge is -2.19. The molecular formula is C25H29ClN4O3. The van der Waals surface area contributed by atoms with Crippen LogP contribution < -0.4 is 5.69 Å². The van der Waals surface area contributed by atoms with Gasteiger partial charge in [0.25, 0.3) is 0 Å². The van der Waals surface area contributed by atoms with Gasteiger partial charge in [0.1, 0.15) is 11.4 Å². The fourth-order valence-electron chi connectivity index (χ4n) is 3.89. The maximum absolute atomic E-state index is 13.5. The van der Waals surface area contributed by atoms with E-state index in [0.717, 1.165) is 34.4 Å². The molecule has 0 radical (unpaired) electrons. The highest BCUT2D eigenvalue weighted by Gasteiger charge is 2.25. The van der Waals surface area contributed by atoms with Gasteiger partial charge in [-0.3, -0.25) is 4.57 Å². The van der Waals surface area contributed by atoms with Crippen molar-refractivity contribution in [1.82, 2.24) is 18.7 Å². The zero-order chi connectivity index (χ0) is 23.9. The average Bonchev–Trinajstić information content (AvgIpc) is 3.20. The van der Waals surface area contributed by atoms with Crippen molar-refractivity contribution >= 4 is 39.8 Å². The molecule has 0 unspecified atom stereocenters. The first-order valence-electron chi connectivity index (χ1n) is 11.1. The molecule has 0 bridgehead atoms. The van der Waals surface area contributed by atoms with Crippen molar-refractivity contribution in [2.45, 2.75) is 59.7 Å². The zero-order valence-corrected chi connectivity index (χ0v) is 20.4. The summed E-state index contributed by atoms with van der Waals surface area (Å²) in [6.45, 7) is 10.7. The van der Waals surface area contributed by atoms with Gasteiger partial charge in [0.05, 0.1) is 28.6 Å². The number of fused-ring (bicyclic) bond motifs is 2. The van der Waals surface area contributed by atoms with E-state index in [2.05, 4.69) is 18.4 Å². The van der Waals surface area contributed by atoms with E-state index < -0.39 is 17.4 Å². The lowest BCUT2D eigenvalue weighted by molar-refractivity contribution is 0.0537. The van der Waals surface area contributed by atoms with Crippen LogP contribution in [0.2, 0.25) is 5.02 Å². The standard InChI is InChI=1S/C25H29ClN4O3/c1-16(2)12-13-28-19-9-7-6-8-18(19)27-22(28)15-29-21-14-17(26)10-11-20(21)30(23(29)31)24(32)33-25(3,4)5/h6-11,14,16H,12-13,15H2,1-5H3. The molecule has 0 aliphatic heterocycles. The Hall–Kier alpha value is -3.06. The van der Waals surface area contributed by atoms with E-state index in [1.807, 2.05) is 24.3 Å². The molecule has 0 aliphatic carbocycles.